The molecule has 0 amide bonds. The highest BCUT2D eigenvalue weighted by Gasteiger charge is 2.48. The van der Waals surface area contributed by atoms with Crippen molar-refractivity contribution in [2.75, 3.05) is 14.7 Å². The number of anilines is 8. The van der Waals surface area contributed by atoms with E-state index in [1.807, 2.05) is 24.3 Å². The van der Waals surface area contributed by atoms with Gasteiger partial charge in [-0.05, 0) is 186 Å². The Morgan fingerprint density at radius 1 is 0.450 bits per heavy atom. The molecule has 0 spiro atoms. The van der Waals surface area contributed by atoms with Crippen LogP contribution in [0.5, 0.6) is 0 Å². The van der Waals surface area contributed by atoms with Crippen molar-refractivity contribution in [3.63, 3.8) is 0 Å². The fourth-order valence-electron chi connectivity index (χ4n) is 13.3. The molecular weight excluding hydrogens is 974 g/mol. The van der Waals surface area contributed by atoms with Gasteiger partial charge in [-0.1, -0.05) is 156 Å². The molecule has 0 radical (unpaired) electrons. The second-order valence-corrected chi connectivity index (χ2v) is 24.9. The average Bonchev–Trinajstić information content (AvgIpc) is 4.18. The molecule has 3 aliphatic rings. The van der Waals surface area contributed by atoms with Crippen LogP contribution in [0.25, 0.3) is 50.3 Å². The lowest BCUT2D eigenvalue weighted by atomic mass is 9.32. The fourth-order valence-corrected chi connectivity index (χ4v) is 13.3. The third-order valence-corrected chi connectivity index (χ3v) is 17.2. The maximum Gasteiger partial charge on any atom is 0.247 e. The summed E-state index contributed by atoms with van der Waals surface area (Å²) >= 11 is 0. The number of benzene rings is 9. The van der Waals surface area contributed by atoms with Gasteiger partial charge in [0.05, 0.1) is 11.4 Å². The molecule has 0 bridgehead atoms. The van der Waals surface area contributed by atoms with E-state index in [9.17, 15) is 0 Å². The van der Waals surface area contributed by atoms with E-state index < -0.39 is 0 Å². The Morgan fingerprint density at radius 2 is 0.988 bits per heavy atom. The van der Waals surface area contributed by atoms with Gasteiger partial charge in [-0.25, -0.2) is 0 Å². The fraction of sp³-hybridized carbons (Fsp3) is 0.189. The van der Waals surface area contributed by atoms with Crippen molar-refractivity contribution in [3.05, 3.63) is 244 Å². The molecule has 0 atom stereocenters. The van der Waals surface area contributed by atoms with Gasteiger partial charge in [-0.3, -0.25) is 0 Å². The first kappa shape index (κ1) is 49.6. The molecule has 4 heterocycles. The third-order valence-electron chi connectivity index (χ3n) is 17.2. The molecule has 6 heteroatoms. The molecule has 2 aliphatic heterocycles. The summed E-state index contributed by atoms with van der Waals surface area (Å²) in [6.45, 7) is 25.5. The van der Waals surface area contributed by atoms with Crippen LogP contribution in [0, 0.1) is 34.6 Å². The predicted molar refractivity (Wildman–Crippen MR) is 338 cm³/mol. The maximum absolute atomic E-state index is 6.55. The summed E-state index contributed by atoms with van der Waals surface area (Å²) in [4.78, 5) is 7.73. The summed E-state index contributed by atoms with van der Waals surface area (Å²) in [7, 11) is 0. The molecule has 2 aromatic heterocycles. The Kier molecular flexibility index (Phi) is 11.2. The Bertz CT molecular complexity index is 4180. The third kappa shape index (κ3) is 7.97. The minimum atomic E-state index is -0.0253. The van der Waals surface area contributed by atoms with E-state index in [4.69, 9.17) is 8.83 Å². The molecule has 0 saturated heterocycles. The van der Waals surface area contributed by atoms with Crippen LogP contribution < -0.4 is 25.6 Å². The van der Waals surface area contributed by atoms with Crippen LogP contribution >= 0.6 is 0 Å². The minimum Gasteiger partial charge on any atom is -0.456 e. The zero-order valence-electron chi connectivity index (χ0n) is 47.8. The van der Waals surface area contributed by atoms with E-state index in [2.05, 4.69) is 255 Å². The van der Waals surface area contributed by atoms with Gasteiger partial charge >= 0.3 is 0 Å². The topological polar surface area (TPSA) is 36.0 Å². The van der Waals surface area contributed by atoms with Crippen molar-refractivity contribution in [1.82, 2.24) is 0 Å². The van der Waals surface area contributed by atoms with Gasteiger partial charge in [0.2, 0.25) is 6.71 Å². The summed E-state index contributed by atoms with van der Waals surface area (Å²) in [6.07, 6.45) is 0.862. The van der Waals surface area contributed by atoms with E-state index in [-0.39, 0.29) is 17.5 Å². The van der Waals surface area contributed by atoms with Crippen LogP contribution in [0.2, 0.25) is 0 Å². The first-order valence-corrected chi connectivity index (χ1v) is 28.4. The van der Waals surface area contributed by atoms with Crippen LogP contribution in [0.1, 0.15) is 91.6 Å². The maximum atomic E-state index is 6.55. The van der Waals surface area contributed by atoms with Gasteiger partial charge in [0.25, 0.3) is 0 Å². The van der Waals surface area contributed by atoms with Crippen molar-refractivity contribution < 1.29 is 8.83 Å². The zero-order valence-corrected chi connectivity index (χ0v) is 47.8. The van der Waals surface area contributed by atoms with Crippen LogP contribution in [-0.4, -0.2) is 6.71 Å². The van der Waals surface area contributed by atoms with E-state index in [0.29, 0.717) is 0 Å². The standard InChI is InChI=1S/C74H66BN3O2/c1-44-33-63-69-64(34-44)78(71-47(4)35-55(36-48(71)5)74(9,10)11)72-59-42-54(73(6,7)8)30-29-49(59)39-61(72)75(69)60-32-31-58(43-62(60)77(63)70-45(2)19-16-20-46(70)3)76(56-25-17-23-50(37-56)67-40-52-21-12-14-27-65(52)79-67)57-26-18-24-51(38-57)68-41-53-22-13-15-28-66(53)80-68/h12-38,40-43H,39H2,1-11H3. The largest absolute Gasteiger partial charge is 0.456 e. The lowest BCUT2D eigenvalue weighted by Crippen LogP contribution is -2.55. The molecule has 14 rings (SSSR count). The normalized spacial score (nSPS) is 13.8. The van der Waals surface area contributed by atoms with Crippen molar-refractivity contribution in [2.24, 2.45) is 0 Å². The molecule has 0 unspecified atom stereocenters. The van der Waals surface area contributed by atoms with Gasteiger partial charge in [-0.2, -0.15) is 0 Å². The monoisotopic (exact) mass is 1040 g/mol. The average molecular weight is 1040 g/mol. The highest BCUT2D eigenvalue weighted by atomic mass is 16.3. The molecular formula is C74H66BN3O2. The predicted octanol–water partition coefficient (Wildman–Crippen LogP) is 19.2. The summed E-state index contributed by atoms with van der Waals surface area (Å²) in [5, 5.41) is 2.16. The van der Waals surface area contributed by atoms with Gasteiger partial charge < -0.3 is 23.5 Å². The van der Waals surface area contributed by atoms with Crippen LogP contribution in [0.4, 0.5) is 45.5 Å². The lowest BCUT2D eigenvalue weighted by Gasteiger charge is -2.46. The number of hydrogen-bond donors (Lipinski definition) is 0. The van der Waals surface area contributed by atoms with Gasteiger partial charge in [0, 0.05) is 67.3 Å². The SMILES string of the molecule is Cc1cc2c3c(c1)N(c1c(C)cccc1C)c1cc(N(c4cccc(-c5cc6ccccc6o5)c4)c4cccc(-c5cc6ccccc6o5)c4)ccc1B3C1=C(c3cc(C(C)(C)C)ccc3C1)N2c1c(C)cc(C(C)(C)C)cc1C. The van der Waals surface area contributed by atoms with E-state index in [1.54, 1.807) is 0 Å². The van der Waals surface area contributed by atoms with E-state index in [0.717, 1.165) is 68.1 Å². The first-order valence-electron chi connectivity index (χ1n) is 28.4. The van der Waals surface area contributed by atoms with Gasteiger partial charge in [-0.15, -0.1) is 0 Å². The number of furan rings is 2. The highest BCUT2D eigenvalue weighted by molar-refractivity contribution is 6.96. The quantitative estimate of drug-likeness (QED) is 0.149. The van der Waals surface area contributed by atoms with Gasteiger partial charge in [0.15, 0.2) is 0 Å². The molecule has 5 nitrogen and oxygen atoms in total. The Morgan fingerprint density at radius 3 is 1.56 bits per heavy atom. The van der Waals surface area contributed by atoms with Crippen molar-refractivity contribution in [1.29, 1.82) is 0 Å². The number of fused-ring (bicyclic) bond motifs is 7. The summed E-state index contributed by atoms with van der Waals surface area (Å²) in [5.41, 5.74) is 30.1. The van der Waals surface area contributed by atoms with Crippen molar-refractivity contribution >= 4 is 90.8 Å². The molecule has 9 aromatic carbocycles. The number of rotatable bonds is 7. The molecule has 0 saturated carbocycles. The Labute approximate surface area is 471 Å². The molecule has 0 fully saturated rings. The number of hydrogen-bond acceptors (Lipinski definition) is 5. The van der Waals surface area contributed by atoms with Crippen LogP contribution in [-0.2, 0) is 17.3 Å². The number of allylic oxidation sites excluding steroid dienone is 1. The van der Waals surface area contributed by atoms with Gasteiger partial charge in [0.1, 0.15) is 22.7 Å². The first-order chi connectivity index (χ1) is 38.5. The van der Waals surface area contributed by atoms with Crippen molar-refractivity contribution in [2.45, 2.75) is 93.4 Å². The van der Waals surface area contributed by atoms with Crippen molar-refractivity contribution in [3.8, 4) is 22.6 Å². The molecule has 0 N–H and O–H groups in total. The Hall–Kier alpha value is -8.74. The number of para-hydroxylation sites is 3. The lowest BCUT2D eigenvalue weighted by molar-refractivity contribution is 0.589. The number of nitrogens with zero attached hydrogens (tertiary/aromatic N) is 3. The molecule has 1 aliphatic carbocycles. The molecule has 392 valence electrons. The summed E-state index contributed by atoms with van der Waals surface area (Å²) in [6, 6.07) is 69.6. The number of aryl methyl sites for hydroxylation is 5. The smallest absolute Gasteiger partial charge is 0.247 e. The molecule has 11 aromatic rings. The van der Waals surface area contributed by atoms with Crippen LogP contribution in [0.3, 0.4) is 0 Å². The zero-order chi connectivity index (χ0) is 55.1. The highest BCUT2D eigenvalue weighted by Crippen LogP contribution is 2.54. The second kappa shape index (κ2) is 18.2. The Balaban J connectivity index is 1.03. The summed E-state index contributed by atoms with van der Waals surface area (Å²) in [5.74, 6) is 1.66. The minimum absolute atomic E-state index is 0.00822. The van der Waals surface area contributed by atoms with E-state index in [1.165, 1.54) is 101 Å². The van der Waals surface area contributed by atoms with E-state index >= 15 is 0 Å². The molecule has 80 heavy (non-hydrogen) atoms. The second-order valence-electron chi connectivity index (χ2n) is 24.9. The van der Waals surface area contributed by atoms with Crippen LogP contribution in [0.15, 0.2) is 202 Å². The summed E-state index contributed by atoms with van der Waals surface area (Å²) < 4.78 is 13.1.